The fraction of sp³-hybridized carbons (Fsp3) is 0.321. The maximum absolute atomic E-state index is 12.5. The van der Waals surface area contributed by atoms with Crippen molar-refractivity contribution in [2.75, 3.05) is 24.9 Å². The molecule has 0 saturated carbocycles. The van der Waals surface area contributed by atoms with Gasteiger partial charge < -0.3 is 25.2 Å². The number of amides is 1. The van der Waals surface area contributed by atoms with Crippen LogP contribution in [0, 0.1) is 0 Å². The van der Waals surface area contributed by atoms with E-state index in [-0.39, 0.29) is 12.3 Å². The van der Waals surface area contributed by atoms with Gasteiger partial charge in [0.1, 0.15) is 22.7 Å². The van der Waals surface area contributed by atoms with Crippen LogP contribution < -0.4 is 20.1 Å². The van der Waals surface area contributed by atoms with E-state index in [0.717, 1.165) is 47.5 Å². The molecule has 4 rings (SSSR count). The van der Waals surface area contributed by atoms with E-state index in [0.29, 0.717) is 28.9 Å². The molecule has 204 valence electrons. The molecule has 1 amide bonds. The zero-order valence-corrected chi connectivity index (χ0v) is 22.8. The van der Waals surface area contributed by atoms with Crippen LogP contribution in [0.1, 0.15) is 34.7 Å². The highest BCUT2D eigenvalue weighted by molar-refractivity contribution is 7.15. The van der Waals surface area contributed by atoms with Crippen molar-refractivity contribution >= 4 is 28.2 Å². The highest BCUT2D eigenvalue weighted by Gasteiger charge is 2.11. The van der Waals surface area contributed by atoms with Gasteiger partial charge in [-0.2, -0.15) is 5.10 Å². The Balaban J connectivity index is 1.16. The molecular weight excluding hydrogens is 516 g/mol. The highest BCUT2D eigenvalue weighted by atomic mass is 32.1. The number of benzene rings is 2. The average Bonchev–Trinajstić information content (AvgIpc) is 3.39. The Morgan fingerprint density at radius 1 is 0.897 bits per heavy atom. The van der Waals surface area contributed by atoms with Crippen LogP contribution in [0.5, 0.6) is 11.5 Å². The first-order chi connectivity index (χ1) is 19.0. The van der Waals surface area contributed by atoms with Crippen LogP contribution in [0.2, 0.25) is 0 Å². The molecule has 0 aliphatic heterocycles. The van der Waals surface area contributed by atoms with E-state index < -0.39 is 6.23 Å². The van der Waals surface area contributed by atoms with Gasteiger partial charge >= 0.3 is 0 Å². The largest absolute Gasteiger partial charge is 0.497 e. The Morgan fingerprint density at radius 3 is 2.33 bits per heavy atom. The standard InChI is InChI=1S/C28H32N6O4S/c1-37-22-14-20(15-23(18-22)38-2)17-26(36)30-28-34-33-27(39-28)11-7-6-10-21-12-13-24(32-31-21)29-25(35)16-19-8-4-3-5-9-19/h3-5,8-9,12-15,18,25,35H,6-7,10-11,16-17H2,1-2H3,(H,29,32)(H,30,34,36). The quantitative estimate of drug-likeness (QED) is 0.158. The first-order valence-corrected chi connectivity index (χ1v) is 13.5. The molecule has 1 atom stereocenters. The maximum atomic E-state index is 12.5. The van der Waals surface area contributed by atoms with E-state index in [1.807, 2.05) is 42.5 Å². The Labute approximate surface area is 231 Å². The third kappa shape index (κ3) is 9.01. The third-order valence-corrected chi connectivity index (χ3v) is 6.77. The lowest BCUT2D eigenvalue weighted by Crippen LogP contribution is -2.22. The molecule has 3 N–H and O–H groups in total. The number of ether oxygens (including phenoxy) is 2. The SMILES string of the molecule is COc1cc(CC(=O)Nc2nnc(CCCCc3ccc(NC(O)Cc4ccccc4)nn3)s2)cc(OC)c1. The molecule has 11 heteroatoms. The Kier molecular flexibility index (Phi) is 10.1. The molecule has 0 bridgehead atoms. The van der Waals surface area contributed by atoms with Gasteiger partial charge in [0.2, 0.25) is 11.0 Å². The number of nitrogens with one attached hydrogen (secondary N) is 2. The number of aromatic nitrogens is 4. The molecule has 0 aliphatic carbocycles. The molecular formula is C28H32N6O4S. The van der Waals surface area contributed by atoms with Crippen LogP contribution in [-0.2, 0) is 30.5 Å². The number of rotatable bonds is 14. The first-order valence-electron chi connectivity index (χ1n) is 12.7. The molecule has 0 spiro atoms. The molecule has 2 heterocycles. The first kappa shape index (κ1) is 27.9. The number of aliphatic hydroxyl groups is 1. The normalized spacial score (nSPS) is 11.6. The second-order valence-corrected chi connectivity index (χ2v) is 9.98. The molecule has 39 heavy (non-hydrogen) atoms. The summed E-state index contributed by atoms with van der Waals surface area (Å²) in [4.78, 5) is 12.5. The number of anilines is 2. The average molecular weight is 549 g/mol. The number of hydrogen-bond acceptors (Lipinski definition) is 10. The van der Waals surface area contributed by atoms with Crippen molar-refractivity contribution in [1.29, 1.82) is 0 Å². The van der Waals surface area contributed by atoms with Crippen LogP contribution in [-0.4, -0.2) is 51.9 Å². The minimum atomic E-state index is -0.737. The van der Waals surface area contributed by atoms with E-state index in [1.54, 1.807) is 32.4 Å². The lowest BCUT2D eigenvalue weighted by atomic mass is 10.1. The van der Waals surface area contributed by atoms with Gasteiger partial charge in [-0.1, -0.05) is 41.7 Å². The van der Waals surface area contributed by atoms with Crippen molar-refractivity contribution in [3.8, 4) is 11.5 Å². The molecule has 2 aromatic heterocycles. The number of hydrogen-bond donors (Lipinski definition) is 3. The number of methoxy groups -OCH3 is 2. The minimum Gasteiger partial charge on any atom is -0.497 e. The predicted octanol–water partition coefficient (Wildman–Crippen LogP) is 4.06. The van der Waals surface area contributed by atoms with Crippen molar-refractivity contribution in [3.05, 3.63) is 82.5 Å². The van der Waals surface area contributed by atoms with Crippen LogP contribution >= 0.6 is 11.3 Å². The van der Waals surface area contributed by atoms with Crippen LogP contribution in [0.4, 0.5) is 10.9 Å². The van der Waals surface area contributed by atoms with Gasteiger partial charge in [0.05, 0.1) is 26.3 Å². The van der Waals surface area contributed by atoms with Crippen LogP contribution in [0.3, 0.4) is 0 Å². The molecule has 2 aromatic carbocycles. The van der Waals surface area contributed by atoms with Gasteiger partial charge in [0.15, 0.2) is 5.82 Å². The maximum Gasteiger partial charge on any atom is 0.230 e. The third-order valence-electron chi connectivity index (χ3n) is 5.87. The summed E-state index contributed by atoms with van der Waals surface area (Å²) in [5, 5.41) is 34.1. The van der Waals surface area contributed by atoms with Gasteiger partial charge in [-0.25, -0.2) is 0 Å². The van der Waals surface area contributed by atoms with E-state index >= 15 is 0 Å². The summed E-state index contributed by atoms with van der Waals surface area (Å²) in [6.45, 7) is 0. The van der Waals surface area contributed by atoms with Crippen molar-refractivity contribution < 1.29 is 19.4 Å². The second-order valence-electron chi connectivity index (χ2n) is 8.91. The van der Waals surface area contributed by atoms with Gasteiger partial charge in [-0.05, 0) is 54.7 Å². The predicted molar refractivity (Wildman–Crippen MR) is 150 cm³/mol. The molecule has 10 nitrogen and oxygen atoms in total. The fourth-order valence-electron chi connectivity index (χ4n) is 3.93. The zero-order chi connectivity index (χ0) is 27.5. The van der Waals surface area contributed by atoms with Gasteiger partial charge in [0.25, 0.3) is 0 Å². The molecule has 0 radical (unpaired) electrons. The van der Waals surface area contributed by atoms with Crippen LogP contribution in [0.25, 0.3) is 0 Å². The van der Waals surface area contributed by atoms with Gasteiger partial charge in [-0.3, -0.25) is 4.79 Å². The van der Waals surface area contributed by atoms with E-state index in [2.05, 4.69) is 31.0 Å². The summed E-state index contributed by atoms with van der Waals surface area (Å²) in [6.07, 6.45) is 3.29. The summed E-state index contributed by atoms with van der Waals surface area (Å²) in [7, 11) is 3.15. The molecule has 1 unspecified atom stereocenters. The van der Waals surface area contributed by atoms with E-state index in [1.165, 1.54) is 11.3 Å². The number of aryl methyl sites for hydroxylation is 2. The van der Waals surface area contributed by atoms with Gasteiger partial charge in [-0.15, -0.1) is 15.3 Å². The van der Waals surface area contributed by atoms with E-state index in [9.17, 15) is 9.90 Å². The van der Waals surface area contributed by atoms with Crippen molar-refractivity contribution in [1.82, 2.24) is 20.4 Å². The smallest absolute Gasteiger partial charge is 0.230 e. The lowest BCUT2D eigenvalue weighted by molar-refractivity contribution is -0.115. The number of carbonyl (C=O) groups is 1. The number of unbranched alkanes of at least 4 members (excludes halogenated alkanes) is 1. The highest BCUT2D eigenvalue weighted by Crippen LogP contribution is 2.23. The minimum absolute atomic E-state index is 0.170. The Morgan fingerprint density at radius 2 is 1.64 bits per heavy atom. The Bertz CT molecular complexity index is 1310. The molecule has 4 aromatic rings. The van der Waals surface area contributed by atoms with Crippen molar-refractivity contribution in [2.45, 2.75) is 44.8 Å². The fourth-order valence-corrected chi connectivity index (χ4v) is 4.73. The lowest BCUT2D eigenvalue weighted by Gasteiger charge is -2.13. The monoisotopic (exact) mass is 548 g/mol. The number of carbonyl (C=O) groups excluding carboxylic acids is 1. The number of nitrogens with zero attached hydrogens (tertiary/aromatic N) is 4. The topological polar surface area (TPSA) is 131 Å². The molecule has 0 fully saturated rings. The van der Waals surface area contributed by atoms with Gasteiger partial charge in [0, 0.05) is 18.9 Å². The number of aliphatic hydroxyl groups excluding tert-OH is 1. The summed E-state index contributed by atoms with van der Waals surface area (Å²) >= 11 is 1.38. The summed E-state index contributed by atoms with van der Waals surface area (Å²) in [5.74, 6) is 1.62. The summed E-state index contributed by atoms with van der Waals surface area (Å²) < 4.78 is 10.5. The summed E-state index contributed by atoms with van der Waals surface area (Å²) in [6, 6.07) is 18.9. The van der Waals surface area contributed by atoms with Crippen molar-refractivity contribution in [3.63, 3.8) is 0 Å². The molecule has 0 saturated heterocycles. The summed E-state index contributed by atoms with van der Waals surface area (Å²) in [5.41, 5.74) is 2.71. The van der Waals surface area contributed by atoms with Crippen LogP contribution in [0.15, 0.2) is 60.7 Å². The Hall–Kier alpha value is -4.09. The zero-order valence-electron chi connectivity index (χ0n) is 22.0. The molecule has 0 aliphatic rings. The van der Waals surface area contributed by atoms with Crippen molar-refractivity contribution in [2.24, 2.45) is 0 Å². The van der Waals surface area contributed by atoms with E-state index in [4.69, 9.17) is 9.47 Å². The second kappa shape index (κ2) is 14.2.